The Balaban J connectivity index is 1.70. The highest BCUT2D eigenvalue weighted by Crippen LogP contribution is 2.43. The van der Waals surface area contributed by atoms with Gasteiger partial charge in [-0.15, -0.1) is 0 Å². The van der Waals surface area contributed by atoms with Crippen molar-refractivity contribution >= 4 is 22.2 Å². The molecule has 1 aromatic heterocycles. The molecule has 0 aliphatic heterocycles. The molecule has 2 N–H and O–H groups in total. The van der Waals surface area contributed by atoms with Gasteiger partial charge < -0.3 is 10.3 Å². The summed E-state index contributed by atoms with van der Waals surface area (Å²) in [5, 5.41) is 3.65. The Morgan fingerprint density at radius 1 is 1.10 bits per heavy atom. The molecule has 2 aliphatic rings. The normalized spacial score (nSPS) is 20.7. The Bertz CT molecular complexity index is 1440. The van der Waals surface area contributed by atoms with E-state index in [9.17, 15) is 0 Å². The fraction of sp³-hybridized carbons (Fsp3) is 0.417. The molecule has 2 aliphatic carbocycles. The lowest BCUT2D eigenvalue weighted by molar-refractivity contribution is 0.448. The number of rotatable bonds is 6. The molecule has 1 heterocycles. The number of nitrogens with one attached hydrogen (secondary N) is 2. The Hall–Kier alpha value is -3.17. The topological polar surface area (TPSA) is 40.7 Å². The minimum atomic E-state index is 0.457. The van der Waals surface area contributed by atoms with Crippen LogP contribution in [0.1, 0.15) is 102 Å². The summed E-state index contributed by atoms with van der Waals surface area (Å²) in [6.07, 6.45) is 7.65. The zero-order valence-electron chi connectivity index (χ0n) is 24.7. The zero-order valence-corrected chi connectivity index (χ0v) is 24.7. The first kappa shape index (κ1) is 27.4. The van der Waals surface area contributed by atoms with Crippen molar-refractivity contribution in [1.29, 1.82) is 0 Å². The number of para-hydroxylation sites is 2. The lowest BCUT2D eigenvalue weighted by Crippen LogP contribution is -2.25. The molecular formula is C36H45N3. The maximum Gasteiger partial charge on any atom is 0.139 e. The van der Waals surface area contributed by atoms with Crippen LogP contribution >= 0.6 is 0 Å². The molecule has 0 amide bonds. The molecule has 0 saturated heterocycles. The van der Waals surface area contributed by atoms with Crippen LogP contribution in [0.15, 0.2) is 77.4 Å². The molecule has 3 aromatic rings. The van der Waals surface area contributed by atoms with E-state index in [1.807, 2.05) is 0 Å². The minimum Gasteiger partial charge on any atom is -0.338 e. The fourth-order valence-electron chi connectivity index (χ4n) is 6.28. The second kappa shape index (κ2) is 11.5. The molecule has 0 radical (unpaired) electrons. The number of imidazole rings is 1. The lowest BCUT2D eigenvalue weighted by atomic mass is 9.76. The van der Waals surface area contributed by atoms with E-state index in [-0.39, 0.29) is 0 Å². The summed E-state index contributed by atoms with van der Waals surface area (Å²) in [6, 6.07) is 16.1. The Morgan fingerprint density at radius 3 is 2.64 bits per heavy atom. The molecule has 5 rings (SSSR count). The molecule has 0 fully saturated rings. The van der Waals surface area contributed by atoms with Crippen LogP contribution in [0.2, 0.25) is 0 Å². The second-order valence-electron chi connectivity index (χ2n) is 12.1. The quantitative estimate of drug-likeness (QED) is 0.319. The van der Waals surface area contributed by atoms with Crippen molar-refractivity contribution in [3.05, 3.63) is 99.9 Å². The predicted molar refractivity (Wildman–Crippen MR) is 168 cm³/mol. The number of benzene rings is 2. The molecule has 2 atom stereocenters. The predicted octanol–water partition coefficient (Wildman–Crippen LogP) is 9.36. The smallest absolute Gasteiger partial charge is 0.139 e. The number of aromatic nitrogens is 2. The summed E-state index contributed by atoms with van der Waals surface area (Å²) in [5.74, 6) is 2.12. The van der Waals surface area contributed by atoms with Crippen LogP contribution in [0.25, 0.3) is 22.2 Å². The van der Waals surface area contributed by atoms with Gasteiger partial charge in [0.05, 0.1) is 11.0 Å². The standard InChI is InChI=1S/C36H45N3/c1-8-27-15-14-24(5)25(6)31-18-16-28(30-17-13-23(4)19-29(26(30)7)21-37-22(2)3)20-32(31)35(27)36-38-33-11-9-10-12-34(33)39-36/h9-12,16-18,20,22,24-25,37H,4,8,13-15,19,21H2,1-3,5-7H3,(H,38,39). The largest absolute Gasteiger partial charge is 0.338 e. The van der Waals surface area contributed by atoms with E-state index in [0.29, 0.717) is 17.9 Å². The van der Waals surface area contributed by atoms with E-state index in [1.54, 1.807) is 0 Å². The van der Waals surface area contributed by atoms with Crippen molar-refractivity contribution in [3.63, 3.8) is 0 Å². The van der Waals surface area contributed by atoms with Gasteiger partial charge in [-0.2, -0.15) is 0 Å². The molecule has 3 nitrogen and oxygen atoms in total. The summed E-state index contributed by atoms with van der Waals surface area (Å²) >= 11 is 0. The van der Waals surface area contributed by atoms with E-state index >= 15 is 0 Å². The molecule has 2 aromatic carbocycles. The van der Waals surface area contributed by atoms with Gasteiger partial charge in [0, 0.05) is 18.2 Å². The SMILES string of the molecule is C=C1CC=C(c2ccc3c(c2)C(c2nc4ccccc4[nH]2)=C(CC)CCC(C)C3C)C(C)=C(CNC(C)C)C1. The van der Waals surface area contributed by atoms with Crippen molar-refractivity contribution in [1.82, 2.24) is 15.3 Å². The van der Waals surface area contributed by atoms with Gasteiger partial charge in [-0.25, -0.2) is 4.98 Å². The van der Waals surface area contributed by atoms with Crippen LogP contribution in [0.4, 0.5) is 0 Å². The number of aromatic amines is 1. The highest BCUT2D eigenvalue weighted by Gasteiger charge is 2.27. The number of hydrogen-bond acceptors (Lipinski definition) is 2. The van der Waals surface area contributed by atoms with Crippen LogP contribution < -0.4 is 5.32 Å². The fourth-order valence-corrected chi connectivity index (χ4v) is 6.28. The number of hydrogen-bond donors (Lipinski definition) is 2. The third-order valence-corrected chi connectivity index (χ3v) is 9.00. The van der Waals surface area contributed by atoms with E-state index in [2.05, 4.69) is 107 Å². The summed E-state index contributed by atoms with van der Waals surface area (Å²) in [7, 11) is 0. The first-order valence-corrected chi connectivity index (χ1v) is 14.9. The summed E-state index contributed by atoms with van der Waals surface area (Å²) in [4.78, 5) is 8.82. The second-order valence-corrected chi connectivity index (χ2v) is 12.1. The summed E-state index contributed by atoms with van der Waals surface area (Å²) < 4.78 is 0. The van der Waals surface area contributed by atoms with E-state index in [1.165, 1.54) is 56.5 Å². The molecule has 39 heavy (non-hydrogen) atoms. The first-order valence-electron chi connectivity index (χ1n) is 14.9. The van der Waals surface area contributed by atoms with Gasteiger partial charge in [0.25, 0.3) is 0 Å². The third-order valence-electron chi connectivity index (χ3n) is 9.00. The zero-order chi connectivity index (χ0) is 27.7. The maximum atomic E-state index is 5.13. The Labute approximate surface area is 235 Å². The van der Waals surface area contributed by atoms with Gasteiger partial charge in [0.2, 0.25) is 0 Å². The van der Waals surface area contributed by atoms with Crippen LogP contribution in [0.3, 0.4) is 0 Å². The summed E-state index contributed by atoms with van der Waals surface area (Å²) in [6.45, 7) is 19.2. The number of nitrogens with zero attached hydrogens (tertiary/aromatic N) is 1. The average Bonchev–Trinajstić information content (AvgIpc) is 3.29. The molecule has 0 saturated carbocycles. The van der Waals surface area contributed by atoms with Gasteiger partial charge >= 0.3 is 0 Å². The summed E-state index contributed by atoms with van der Waals surface area (Å²) in [5.41, 5.74) is 14.5. The van der Waals surface area contributed by atoms with Gasteiger partial charge in [-0.05, 0) is 102 Å². The molecular weight excluding hydrogens is 474 g/mol. The van der Waals surface area contributed by atoms with Crippen LogP contribution in [-0.2, 0) is 0 Å². The minimum absolute atomic E-state index is 0.457. The third kappa shape index (κ3) is 5.61. The molecule has 2 unspecified atom stereocenters. The Morgan fingerprint density at radius 2 is 1.90 bits per heavy atom. The molecule has 3 heteroatoms. The van der Waals surface area contributed by atoms with Crippen LogP contribution in [0, 0.1) is 5.92 Å². The van der Waals surface area contributed by atoms with Crippen molar-refractivity contribution < 1.29 is 0 Å². The highest BCUT2D eigenvalue weighted by molar-refractivity contribution is 5.89. The maximum absolute atomic E-state index is 5.13. The van der Waals surface area contributed by atoms with Crippen LogP contribution in [0.5, 0.6) is 0 Å². The average molecular weight is 520 g/mol. The van der Waals surface area contributed by atoms with Gasteiger partial charge in [-0.3, -0.25) is 0 Å². The highest BCUT2D eigenvalue weighted by atomic mass is 14.9. The van der Waals surface area contributed by atoms with E-state index < -0.39 is 0 Å². The van der Waals surface area contributed by atoms with Gasteiger partial charge in [0.15, 0.2) is 0 Å². The number of H-pyrrole nitrogens is 1. The van der Waals surface area contributed by atoms with E-state index in [4.69, 9.17) is 4.98 Å². The number of fused-ring (bicyclic) bond motifs is 2. The van der Waals surface area contributed by atoms with Crippen molar-refractivity contribution in [2.45, 2.75) is 85.6 Å². The van der Waals surface area contributed by atoms with Crippen molar-refractivity contribution in [3.8, 4) is 0 Å². The Kier molecular flexibility index (Phi) is 8.09. The van der Waals surface area contributed by atoms with Gasteiger partial charge in [0.1, 0.15) is 5.82 Å². The lowest BCUT2D eigenvalue weighted by Gasteiger charge is -2.29. The monoisotopic (exact) mass is 519 g/mol. The number of allylic oxidation sites excluding steroid dienone is 5. The van der Waals surface area contributed by atoms with Gasteiger partial charge in [-0.1, -0.05) is 82.7 Å². The van der Waals surface area contributed by atoms with Crippen molar-refractivity contribution in [2.24, 2.45) is 5.92 Å². The van der Waals surface area contributed by atoms with Crippen LogP contribution in [-0.4, -0.2) is 22.6 Å². The van der Waals surface area contributed by atoms with E-state index in [0.717, 1.165) is 49.1 Å². The molecule has 204 valence electrons. The van der Waals surface area contributed by atoms with Crippen molar-refractivity contribution in [2.75, 3.05) is 6.54 Å². The molecule has 0 spiro atoms. The molecule has 0 bridgehead atoms. The first-order chi connectivity index (χ1) is 18.8.